The van der Waals surface area contributed by atoms with E-state index in [9.17, 15) is 9.90 Å². The number of thiazole rings is 1. The molecule has 0 aliphatic carbocycles. The highest BCUT2D eigenvalue weighted by atomic mass is 32.1. The highest BCUT2D eigenvalue weighted by molar-refractivity contribution is 7.19. The number of para-hydroxylation sites is 2. The Bertz CT molecular complexity index is 1260. The summed E-state index contributed by atoms with van der Waals surface area (Å²) in [6.45, 7) is 2.80. The zero-order chi connectivity index (χ0) is 21.2. The fourth-order valence-electron chi connectivity index (χ4n) is 3.81. The van der Waals surface area contributed by atoms with Crippen LogP contribution in [-0.2, 0) is 9.53 Å². The zero-order valence-electron chi connectivity index (χ0n) is 16.8. The summed E-state index contributed by atoms with van der Waals surface area (Å²) in [7, 11) is 0. The van der Waals surface area contributed by atoms with Gasteiger partial charge in [-0.1, -0.05) is 30.3 Å². The molecule has 156 valence electrons. The molecule has 5 rings (SSSR count). The second-order valence-corrected chi connectivity index (χ2v) is 8.45. The first-order valence-electron chi connectivity index (χ1n) is 10.2. The molecular weight excluding hydrogens is 410 g/mol. The fourth-order valence-corrected chi connectivity index (χ4v) is 4.78. The molecule has 1 aliphatic rings. The third-order valence-electron chi connectivity index (χ3n) is 5.28. The molecule has 1 N–H and O–H groups in total. The molecule has 0 radical (unpaired) electrons. The minimum Gasteiger partial charge on any atom is -0.481 e. The van der Waals surface area contributed by atoms with Crippen LogP contribution in [-0.4, -0.2) is 47.3 Å². The molecular formula is C24H21N3O3S. The van der Waals surface area contributed by atoms with Crippen molar-refractivity contribution in [2.24, 2.45) is 0 Å². The molecule has 0 amide bonds. The summed E-state index contributed by atoms with van der Waals surface area (Å²) >= 11 is 1.51. The molecule has 1 fully saturated rings. The Morgan fingerprint density at radius 3 is 2.58 bits per heavy atom. The van der Waals surface area contributed by atoms with E-state index >= 15 is 0 Å². The largest absolute Gasteiger partial charge is 0.481 e. The molecule has 0 unspecified atom stereocenters. The molecule has 0 bridgehead atoms. The monoisotopic (exact) mass is 431 g/mol. The Morgan fingerprint density at radius 2 is 1.81 bits per heavy atom. The molecule has 7 heteroatoms. The maximum atomic E-state index is 11.7. The molecule has 6 nitrogen and oxygen atoms in total. The van der Waals surface area contributed by atoms with Gasteiger partial charge < -0.3 is 14.7 Å². The number of hydrogen-bond donors (Lipinski definition) is 1. The number of fused-ring (bicyclic) bond motifs is 2. The average molecular weight is 432 g/mol. The van der Waals surface area contributed by atoms with Crippen molar-refractivity contribution in [3.63, 3.8) is 0 Å². The second-order valence-electron chi connectivity index (χ2n) is 7.42. The van der Waals surface area contributed by atoms with Crippen molar-refractivity contribution in [3.8, 4) is 0 Å². The molecule has 2 aromatic heterocycles. The zero-order valence-corrected chi connectivity index (χ0v) is 17.6. The van der Waals surface area contributed by atoms with Crippen molar-refractivity contribution in [3.05, 3.63) is 65.2 Å². The number of anilines is 1. The molecule has 0 atom stereocenters. The van der Waals surface area contributed by atoms with Crippen LogP contribution in [0.1, 0.15) is 17.0 Å². The lowest BCUT2D eigenvalue weighted by Crippen LogP contribution is -2.37. The minimum atomic E-state index is -0.882. The average Bonchev–Trinajstić information content (AvgIpc) is 3.23. The van der Waals surface area contributed by atoms with Gasteiger partial charge in [-0.3, -0.25) is 4.79 Å². The highest BCUT2D eigenvalue weighted by Crippen LogP contribution is 2.33. The molecule has 1 aliphatic heterocycles. The highest BCUT2D eigenvalue weighted by Gasteiger charge is 2.19. The van der Waals surface area contributed by atoms with Crippen LogP contribution < -0.4 is 4.90 Å². The predicted molar refractivity (Wildman–Crippen MR) is 125 cm³/mol. The number of aromatic nitrogens is 2. The van der Waals surface area contributed by atoms with E-state index in [-0.39, 0.29) is 6.42 Å². The predicted octanol–water partition coefficient (Wildman–Crippen LogP) is 4.70. The summed E-state index contributed by atoms with van der Waals surface area (Å²) in [5, 5.41) is 11.3. The van der Waals surface area contributed by atoms with Gasteiger partial charge in [0.05, 0.1) is 35.4 Å². The van der Waals surface area contributed by atoms with Gasteiger partial charge in [0.25, 0.3) is 0 Å². The van der Waals surface area contributed by atoms with Gasteiger partial charge >= 0.3 is 5.97 Å². The van der Waals surface area contributed by atoms with Crippen LogP contribution in [0.25, 0.3) is 32.8 Å². The Labute approximate surface area is 183 Å². The summed E-state index contributed by atoms with van der Waals surface area (Å²) in [5.41, 5.74) is 3.38. The third kappa shape index (κ3) is 4.15. The Kier molecular flexibility index (Phi) is 5.36. The maximum absolute atomic E-state index is 11.7. The summed E-state index contributed by atoms with van der Waals surface area (Å²) in [5.74, 6) is -0.0295. The van der Waals surface area contributed by atoms with Crippen molar-refractivity contribution in [1.29, 1.82) is 0 Å². The van der Waals surface area contributed by atoms with Crippen LogP contribution in [0.2, 0.25) is 0 Å². The summed E-state index contributed by atoms with van der Waals surface area (Å²) < 4.78 is 6.55. The van der Waals surface area contributed by atoms with Crippen molar-refractivity contribution in [2.75, 3.05) is 31.2 Å². The van der Waals surface area contributed by atoms with Crippen LogP contribution >= 0.6 is 11.3 Å². The van der Waals surface area contributed by atoms with E-state index in [1.54, 1.807) is 0 Å². The van der Waals surface area contributed by atoms with Gasteiger partial charge in [0.1, 0.15) is 10.8 Å². The van der Waals surface area contributed by atoms with Gasteiger partial charge in [0.15, 0.2) is 0 Å². The normalized spacial score (nSPS) is 15.0. The Hall–Kier alpha value is -3.29. The number of ether oxygens (including phenoxy) is 1. The molecule has 3 heterocycles. The number of nitrogens with zero attached hydrogens (tertiary/aromatic N) is 3. The maximum Gasteiger partial charge on any atom is 0.307 e. The Balaban J connectivity index is 1.67. The van der Waals surface area contributed by atoms with E-state index in [1.165, 1.54) is 11.3 Å². The third-order valence-corrected chi connectivity index (χ3v) is 6.39. The molecule has 2 aromatic carbocycles. The molecule has 0 spiro atoms. The van der Waals surface area contributed by atoms with Crippen LogP contribution in [0, 0.1) is 0 Å². The fraction of sp³-hybridized carbons (Fsp3) is 0.208. The molecule has 31 heavy (non-hydrogen) atoms. The van der Waals surface area contributed by atoms with E-state index in [2.05, 4.69) is 11.0 Å². The van der Waals surface area contributed by atoms with E-state index in [0.29, 0.717) is 18.8 Å². The number of carbonyl (C=O) groups is 1. The van der Waals surface area contributed by atoms with E-state index < -0.39 is 5.97 Å². The first kappa shape index (κ1) is 19.7. The molecule has 1 saturated heterocycles. The molecule has 0 saturated carbocycles. The van der Waals surface area contributed by atoms with Gasteiger partial charge in [-0.25, -0.2) is 9.97 Å². The van der Waals surface area contributed by atoms with Crippen LogP contribution in [0.15, 0.2) is 54.6 Å². The van der Waals surface area contributed by atoms with Crippen molar-refractivity contribution < 1.29 is 14.6 Å². The number of rotatable bonds is 5. The van der Waals surface area contributed by atoms with E-state index in [1.807, 2.05) is 54.6 Å². The number of pyridine rings is 1. The number of carboxylic acid groups (broad SMARTS) is 1. The quantitative estimate of drug-likeness (QED) is 0.494. The van der Waals surface area contributed by atoms with Gasteiger partial charge in [-0.05, 0) is 35.9 Å². The molecule has 4 aromatic rings. The lowest BCUT2D eigenvalue weighted by molar-refractivity contribution is -0.135. The first-order valence-corrected chi connectivity index (χ1v) is 11.0. The summed E-state index contributed by atoms with van der Waals surface area (Å²) in [6, 6.07) is 17.9. The van der Waals surface area contributed by atoms with Crippen LogP contribution in [0.4, 0.5) is 5.82 Å². The topological polar surface area (TPSA) is 75.5 Å². The van der Waals surface area contributed by atoms with Crippen LogP contribution in [0.3, 0.4) is 0 Å². The van der Waals surface area contributed by atoms with Crippen molar-refractivity contribution >= 4 is 55.9 Å². The number of morpholine rings is 1. The van der Waals surface area contributed by atoms with Gasteiger partial charge in [0.2, 0.25) is 0 Å². The van der Waals surface area contributed by atoms with Gasteiger partial charge in [-0.15, -0.1) is 11.3 Å². The van der Waals surface area contributed by atoms with Crippen molar-refractivity contribution in [1.82, 2.24) is 9.97 Å². The van der Waals surface area contributed by atoms with Gasteiger partial charge in [-0.2, -0.15) is 0 Å². The number of carboxylic acids is 1. The lowest BCUT2D eigenvalue weighted by Gasteiger charge is -2.29. The van der Waals surface area contributed by atoms with Gasteiger partial charge in [0, 0.05) is 24.0 Å². The summed E-state index contributed by atoms with van der Waals surface area (Å²) in [6.07, 6.45) is 1.84. The smallest absolute Gasteiger partial charge is 0.307 e. The summed E-state index contributed by atoms with van der Waals surface area (Å²) in [4.78, 5) is 23.5. The van der Waals surface area contributed by atoms with E-state index in [4.69, 9.17) is 14.7 Å². The van der Waals surface area contributed by atoms with Crippen LogP contribution in [0.5, 0.6) is 0 Å². The number of aliphatic carboxylic acids is 1. The number of benzene rings is 2. The first-order chi connectivity index (χ1) is 15.2. The lowest BCUT2D eigenvalue weighted by atomic mass is 10.1. The van der Waals surface area contributed by atoms with Crippen molar-refractivity contribution in [2.45, 2.75) is 6.42 Å². The number of hydrogen-bond acceptors (Lipinski definition) is 6. The standard InChI is InChI=1S/C24H21N3O3S/c28-22(29)15-18(24-26-20-7-3-4-8-21(20)31-24)14-17-13-16-5-1-2-6-19(16)25-23(17)27-9-11-30-12-10-27/h1-8,13-14H,9-12,15H2,(H,28,29)/b18-14+. The minimum absolute atomic E-state index is 0.102. The Morgan fingerprint density at radius 1 is 1.06 bits per heavy atom. The van der Waals surface area contributed by atoms with E-state index in [0.717, 1.165) is 50.6 Å². The second kappa shape index (κ2) is 8.45. The SMILES string of the molecule is O=C(O)C/C(=C\c1cc2ccccc2nc1N1CCOCC1)c1nc2ccccc2s1.